The summed E-state index contributed by atoms with van der Waals surface area (Å²) >= 11 is 0. The largest absolute Gasteiger partial charge is 0.469 e. The number of carbonyl (C=O) groups excluding carboxylic acids is 2. The van der Waals surface area contributed by atoms with Crippen LogP contribution in [0.25, 0.3) is 0 Å². The van der Waals surface area contributed by atoms with E-state index in [0.717, 1.165) is 5.56 Å². The van der Waals surface area contributed by atoms with Crippen LogP contribution in [0.4, 0.5) is 0 Å². The minimum atomic E-state index is -0.477. The molecule has 0 aromatic heterocycles. The summed E-state index contributed by atoms with van der Waals surface area (Å²) in [4.78, 5) is 21.6. The van der Waals surface area contributed by atoms with Crippen LogP contribution in [-0.4, -0.2) is 19.0 Å². The first-order valence-corrected chi connectivity index (χ1v) is 4.09. The zero-order valence-corrected chi connectivity index (χ0v) is 7.82. The second-order valence-corrected chi connectivity index (χ2v) is 2.81. The zero-order valence-electron chi connectivity index (χ0n) is 7.82. The van der Waals surface area contributed by atoms with Gasteiger partial charge in [0.15, 0.2) is 0 Å². The number of rotatable bonds is 3. The third kappa shape index (κ3) is 2.58. The summed E-state index contributed by atoms with van der Waals surface area (Å²) in [5, 5.41) is 0. The van der Waals surface area contributed by atoms with Crippen LogP contribution in [0.2, 0.25) is 0 Å². The van der Waals surface area contributed by atoms with Crippen LogP contribution in [0.5, 0.6) is 0 Å². The Morgan fingerprint density at radius 3 is 2.29 bits per heavy atom. The average Bonchev–Trinajstić information content (AvgIpc) is 2.18. The van der Waals surface area contributed by atoms with Gasteiger partial charge in [0.1, 0.15) is 0 Å². The van der Waals surface area contributed by atoms with Crippen molar-refractivity contribution >= 4 is 11.9 Å². The van der Waals surface area contributed by atoms with Crippen molar-refractivity contribution in [3.05, 3.63) is 35.4 Å². The highest BCUT2D eigenvalue weighted by Gasteiger charge is 2.03. The number of hydrogen-bond acceptors (Lipinski definition) is 3. The highest BCUT2D eigenvalue weighted by atomic mass is 16.5. The molecule has 0 unspecified atom stereocenters. The molecule has 2 N–H and O–H groups in total. The Kier molecular flexibility index (Phi) is 3.23. The van der Waals surface area contributed by atoms with Crippen LogP contribution in [0.15, 0.2) is 24.3 Å². The van der Waals surface area contributed by atoms with Crippen LogP contribution in [-0.2, 0) is 16.0 Å². The molecule has 0 aliphatic heterocycles. The summed E-state index contributed by atoms with van der Waals surface area (Å²) in [5.41, 5.74) is 6.28. The number of nitrogens with two attached hydrogens (primary N) is 1. The minimum Gasteiger partial charge on any atom is -0.469 e. The summed E-state index contributed by atoms with van der Waals surface area (Å²) in [5.74, 6) is -0.786. The van der Waals surface area contributed by atoms with E-state index in [1.165, 1.54) is 7.11 Å². The summed E-state index contributed by atoms with van der Waals surface area (Å²) < 4.78 is 4.50. The number of benzene rings is 1. The molecule has 0 saturated heterocycles. The quantitative estimate of drug-likeness (QED) is 0.710. The number of amides is 1. The van der Waals surface area contributed by atoms with Gasteiger partial charge in [-0.15, -0.1) is 0 Å². The first-order chi connectivity index (χ1) is 6.63. The Hall–Kier alpha value is -1.84. The van der Waals surface area contributed by atoms with E-state index in [1.807, 2.05) is 0 Å². The fourth-order valence-corrected chi connectivity index (χ4v) is 1.03. The van der Waals surface area contributed by atoms with E-state index in [-0.39, 0.29) is 12.4 Å². The lowest BCUT2D eigenvalue weighted by Crippen LogP contribution is -2.11. The Morgan fingerprint density at radius 1 is 1.29 bits per heavy atom. The monoisotopic (exact) mass is 193 g/mol. The van der Waals surface area contributed by atoms with E-state index in [4.69, 9.17) is 5.73 Å². The maximum Gasteiger partial charge on any atom is 0.309 e. The van der Waals surface area contributed by atoms with Crippen molar-refractivity contribution < 1.29 is 14.3 Å². The topological polar surface area (TPSA) is 69.4 Å². The van der Waals surface area contributed by atoms with Crippen molar-refractivity contribution in [2.45, 2.75) is 6.42 Å². The highest BCUT2D eigenvalue weighted by molar-refractivity contribution is 5.92. The first-order valence-electron chi connectivity index (χ1n) is 4.09. The summed E-state index contributed by atoms with van der Waals surface area (Å²) in [6.07, 6.45) is 0.204. The summed E-state index contributed by atoms with van der Waals surface area (Å²) in [7, 11) is 1.33. The Bertz CT molecular complexity index is 343. The van der Waals surface area contributed by atoms with Gasteiger partial charge < -0.3 is 10.5 Å². The molecule has 0 spiro atoms. The molecular formula is C10H11NO3. The maximum absolute atomic E-state index is 10.9. The molecule has 1 aromatic carbocycles. The van der Waals surface area contributed by atoms with Crippen LogP contribution < -0.4 is 5.73 Å². The second kappa shape index (κ2) is 4.41. The van der Waals surface area contributed by atoms with Crippen LogP contribution in [0, 0.1) is 0 Å². The van der Waals surface area contributed by atoms with Gasteiger partial charge in [-0.3, -0.25) is 9.59 Å². The molecule has 0 fully saturated rings. The highest BCUT2D eigenvalue weighted by Crippen LogP contribution is 2.05. The number of esters is 1. The number of primary amides is 1. The molecule has 4 heteroatoms. The number of carbonyl (C=O) groups is 2. The van der Waals surface area contributed by atoms with Gasteiger partial charge in [-0.25, -0.2) is 0 Å². The van der Waals surface area contributed by atoms with Gasteiger partial charge in [0.2, 0.25) is 5.91 Å². The van der Waals surface area contributed by atoms with Gasteiger partial charge in [0.05, 0.1) is 13.5 Å². The van der Waals surface area contributed by atoms with Crippen molar-refractivity contribution in [1.82, 2.24) is 0 Å². The fraction of sp³-hybridized carbons (Fsp3) is 0.200. The molecule has 0 radical (unpaired) electrons. The Balaban J connectivity index is 2.73. The van der Waals surface area contributed by atoms with Crippen molar-refractivity contribution in [2.24, 2.45) is 5.73 Å². The van der Waals surface area contributed by atoms with Gasteiger partial charge in [-0.2, -0.15) is 0 Å². The standard InChI is InChI=1S/C10H11NO3/c1-14-9(12)6-7-2-4-8(5-3-7)10(11)13/h2-5H,6H2,1H3,(H2,11,13). The van der Waals surface area contributed by atoms with E-state index < -0.39 is 5.91 Å². The SMILES string of the molecule is COC(=O)Cc1ccc(C(N)=O)cc1. The van der Waals surface area contributed by atoms with Gasteiger partial charge in [-0.1, -0.05) is 12.1 Å². The summed E-state index contributed by atoms with van der Waals surface area (Å²) in [6, 6.07) is 6.52. The molecule has 74 valence electrons. The lowest BCUT2D eigenvalue weighted by molar-refractivity contribution is -0.139. The summed E-state index contributed by atoms with van der Waals surface area (Å²) in [6.45, 7) is 0. The predicted octanol–water partition coefficient (Wildman–Crippen LogP) is 0.501. The minimum absolute atomic E-state index is 0.204. The van der Waals surface area contributed by atoms with Gasteiger partial charge in [-0.05, 0) is 17.7 Å². The maximum atomic E-state index is 10.9. The molecule has 0 atom stereocenters. The zero-order chi connectivity index (χ0) is 10.6. The number of hydrogen-bond donors (Lipinski definition) is 1. The van der Waals surface area contributed by atoms with Crippen molar-refractivity contribution in [1.29, 1.82) is 0 Å². The van der Waals surface area contributed by atoms with Crippen molar-refractivity contribution in [3.63, 3.8) is 0 Å². The van der Waals surface area contributed by atoms with E-state index in [1.54, 1.807) is 24.3 Å². The lowest BCUT2D eigenvalue weighted by atomic mass is 10.1. The molecular weight excluding hydrogens is 182 g/mol. The Labute approximate surface area is 81.7 Å². The number of methoxy groups -OCH3 is 1. The smallest absolute Gasteiger partial charge is 0.309 e. The molecule has 1 amide bonds. The molecule has 1 aromatic rings. The molecule has 0 aliphatic carbocycles. The van der Waals surface area contributed by atoms with Crippen LogP contribution in [0.3, 0.4) is 0 Å². The van der Waals surface area contributed by atoms with Gasteiger partial charge in [0.25, 0.3) is 0 Å². The third-order valence-electron chi connectivity index (χ3n) is 1.81. The fourth-order valence-electron chi connectivity index (χ4n) is 1.03. The van der Waals surface area contributed by atoms with Crippen molar-refractivity contribution in [2.75, 3.05) is 7.11 Å². The Morgan fingerprint density at radius 2 is 1.86 bits per heavy atom. The van der Waals surface area contributed by atoms with E-state index in [2.05, 4.69) is 4.74 Å². The third-order valence-corrected chi connectivity index (χ3v) is 1.81. The van der Waals surface area contributed by atoms with Crippen molar-refractivity contribution in [3.8, 4) is 0 Å². The normalized spacial score (nSPS) is 9.50. The van der Waals surface area contributed by atoms with E-state index >= 15 is 0 Å². The predicted molar refractivity (Wildman–Crippen MR) is 50.7 cm³/mol. The lowest BCUT2D eigenvalue weighted by Gasteiger charge is -2.00. The molecule has 0 heterocycles. The molecule has 0 aliphatic rings. The molecule has 1 rings (SSSR count). The first kappa shape index (κ1) is 10.2. The molecule has 0 saturated carbocycles. The van der Waals surface area contributed by atoms with Gasteiger partial charge in [0, 0.05) is 5.56 Å². The molecule has 14 heavy (non-hydrogen) atoms. The van der Waals surface area contributed by atoms with Crippen LogP contribution in [0.1, 0.15) is 15.9 Å². The van der Waals surface area contributed by atoms with Crippen LogP contribution >= 0.6 is 0 Å². The van der Waals surface area contributed by atoms with E-state index in [9.17, 15) is 9.59 Å². The van der Waals surface area contributed by atoms with Gasteiger partial charge >= 0.3 is 5.97 Å². The van der Waals surface area contributed by atoms with E-state index in [0.29, 0.717) is 5.56 Å². The molecule has 0 bridgehead atoms. The second-order valence-electron chi connectivity index (χ2n) is 2.81. The molecule has 4 nitrogen and oxygen atoms in total. The number of ether oxygens (including phenoxy) is 1. The average molecular weight is 193 g/mol.